The van der Waals surface area contributed by atoms with Crippen molar-refractivity contribution >= 4 is 5.69 Å². The van der Waals surface area contributed by atoms with Crippen molar-refractivity contribution in [1.82, 2.24) is 4.98 Å². The molecule has 3 heterocycles. The molecule has 2 aliphatic rings. The first-order valence-electron chi connectivity index (χ1n) is 9.53. The highest BCUT2D eigenvalue weighted by Gasteiger charge is 2.39. The van der Waals surface area contributed by atoms with Crippen LogP contribution in [0.5, 0.6) is 11.5 Å². The van der Waals surface area contributed by atoms with Crippen LogP contribution in [0.15, 0.2) is 73.1 Å². The molecule has 1 aromatic heterocycles. The Morgan fingerprint density at radius 1 is 0.963 bits per heavy atom. The monoisotopic (exact) mass is 358 g/mol. The van der Waals surface area contributed by atoms with Crippen molar-refractivity contribution in [2.24, 2.45) is 5.92 Å². The van der Waals surface area contributed by atoms with Crippen molar-refractivity contribution in [3.8, 4) is 11.5 Å². The van der Waals surface area contributed by atoms with Gasteiger partial charge in [0.15, 0.2) is 0 Å². The van der Waals surface area contributed by atoms with Crippen molar-refractivity contribution in [3.05, 3.63) is 84.2 Å². The number of nitrogens with zero attached hydrogens (tertiary/aromatic N) is 1. The van der Waals surface area contributed by atoms with Crippen molar-refractivity contribution in [2.75, 3.05) is 11.9 Å². The van der Waals surface area contributed by atoms with Crippen molar-refractivity contribution < 1.29 is 9.47 Å². The Morgan fingerprint density at radius 2 is 1.81 bits per heavy atom. The molecule has 0 aliphatic carbocycles. The van der Waals surface area contributed by atoms with E-state index in [1.807, 2.05) is 18.2 Å². The van der Waals surface area contributed by atoms with Crippen LogP contribution in [0.25, 0.3) is 0 Å². The zero-order valence-corrected chi connectivity index (χ0v) is 15.0. The molecule has 27 heavy (non-hydrogen) atoms. The molecule has 0 saturated carbocycles. The van der Waals surface area contributed by atoms with Crippen molar-refractivity contribution in [3.63, 3.8) is 0 Å². The zero-order valence-electron chi connectivity index (χ0n) is 15.0. The third-order valence-electron chi connectivity index (χ3n) is 5.48. The lowest BCUT2D eigenvalue weighted by molar-refractivity contribution is -0.0382. The van der Waals surface area contributed by atoms with E-state index in [1.54, 1.807) is 12.4 Å². The lowest BCUT2D eigenvalue weighted by atomic mass is 9.77. The number of ether oxygens (including phenoxy) is 2. The summed E-state index contributed by atoms with van der Waals surface area (Å²) in [4.78, 5) is 4.04. The first-order chi connectivity index (χ1) is 13.4. The van der Waals surface area contributed by atoms with Crippen LogP contribution in [-0.4, -0.2) is 11.6 Å². The molecule has 4 heteroatoms. The van der Waals surface area contributed by atoms with Crippen LogP contribution in [0.2, 0.25) is 0 Å². The van der Waals surface area contributed by atoms with Gasteiger partial charge in [-0.3, -0.25) is 4.98 Å². The molecule has 5 rings (SSSR count). The number of pyridine rings is 1. The molecule has 2 unspecified atom stereocenters. The maximum Gasteiger partial charge on any atom is 0.130 e. The van der Waals surface area contributed by atoms with Crippen LogP contribution in [0, 0.1) is 5.92 Å². The molecule has 3 aromatic rings. The van der Waals surface area contributed by atoms with E-state index in [1.165, 1.54) is 11.1 Å². The molecule has 2 aliphatic heterocycles. The second kappa shape index (κ2) is 7.05. The van der Waals surface area contributed by atoms with Crippen LogP contribution in [0.1, 0.15) is 36.1 Å². The highest BCUT2D eigenvalue weighted by molar-refractivity contribution is 5.59. The fourth-order valence-corrected chi connectivity index (χ4v) is 4.25. The van der Waals surface area contributed by atoms with E-state index in [-0.39, 0.29) is 12.1 Å². The van der Waals surface area contributed by atoms with E-state index in [0.29, 0.717) is 5.92 Å². The molecule has 1 fully saturated rings. The predicted octanol–water partition coefficient (Wildman–Crippen LogP) is 5.51. The van der Waals surface area contributed by atoms with Crippen LogP contribution < -0.4 is 10.1 Å². The van der Waals surface area contributed by atoms with Crippen LogP contribution in [0.3, 0.4) is 0 Å². The van der Waals surface area contributed by atoms with Gasteiger partial charge in [0.2, 0.25) is 0 Å². The van der Waals surface area contributed by atoms with E-state index in [9.17, 15) is 0 Å². The molecule has 0 amide bonds. The van der Waals surface area contributed by atoms with Gasteiger partial charge >= 0.3 is 0 Å². The van der Waals surface area contributed by atoms with Gasteiger partial charge in [-0.2, -0.15) is 0 Å². The number of rotatable bonds is 3. The minimum absolute atomic E-state index is 0.0983. The van der Waals surface area contributed by atoms with E-state index in [4.69, 9.17) is 9.47 Å². The second-order valence-electron chi connectivity index (χ2n) is 7.16. The number of nitrogens with one attached hydrogen (secondary N) is 1. The fraction of sp³-hybridized carbons (Fsp3) is 0.261. The van der Waals surface area contributed by atoms with Gasteiger partial charge in [0.05, 0.1) is 12.1 Å². The highest BCUT2D eigenvalue weighted by atomic mass is 16.5. The van der Waals surface area contributed by atoms with Gasteiger partial charge in [-0.1, -0.05) is 30.3 Å². The Hall–Kier alpha value is -2.85. The summed E-state index contributed by atoms with van der Waals surface area (Å²) in [7, 11) is 0. The summed E-state index contributed by atoms with van der Waals surface area (Å²) in [6, 6.07) is 20.9. The highest BCUT2D eigenvalue weighted by Crippen LogP contribution is 2.49. The molecule has 3 atom stereocenters. The largest absolute Gasteiger partial charge is 0.457 e. The van der Waals surface area contributed by atoms with E-state index < -0.39 is 0 Å². The Balaban J connectivity index is 1.50. The average Bonchev–Trinajstić information content (AvgIpc) is 2.75. The number of hydrogen-bond acceptors (Lipinski definition) is 4. The summed E-state index contributed by atoms with van der Waals surface area (Å²) < 4.78 is 12.3. The summed E-state index contributed by atoms with van der Waals surface area (Å²) in [5, 5.41) is 3.76. The summed E-state index contributed by atoms with van der Waals surface area (Å²) in [5.74, 6) is 2.04. The molecule has 2 aromatic carbocycles. The minimum atomic E-state index is 0.0983. The van der Waals surface area contributed by atoms with Gasteiger partial charge < -0.3 is 14.8 Å². The van der Waals surface area contributed by atoms with Crippen molar-refractivity contribution in [2.45, 2.75) is 25.0 Å². The van der Waals surface area contributed by atoms with Crippen molar-refractivity contribution in [1.29, 1.82) is 0 Å². The smallest absolute Gasteiger partial charge is 0.130 e. The number of aromatic nitrogens is 1. The first kappa shape index (κ1) is 16.3. The lowest BCUT2D eigenvalue weighted by Crippen LogP contribution is -2.35. The number of benzene rings is 2. The Bertz CT molecular complexity index is 914. The first-order valence-corrected chi connectivity index (χ1v) is 9.53. The zero-order chi connectivity index (χ0) is 18.1. The summed E-state index contributed by atoms with van der Waals surface area (Å²) in [5.41, 5.74) is 3.65. The van der Waals surface area contributed by atoms with Gasteiger partial charge in [0, 0.05) is 36.2 Å². The van der Waals surface area contributed by atoms with Crippen LogP contribution in [0.4, 0.5) is 5.69 Å². The van der Waals surface area contributed by atoms with Crippen LogP contribution in [-0.2, 0) is 4.74 Å². The molecule has 1 saturated heterocycles. The second-order valence-corrected chi connectivity index (χ2v) is 7.16. The molecule has 4 nitrogen and oxygen atoms in total. The molecule has 0 bridgehead atoms. The van der Waals surface area contributed by atoms with Gasteiger partial charge in [-0.15, -0.1) is 0 Å². The van der Waals surface area contributed by atoms with E-state index in [0.717, 1.165) is 36.6 Å². The molecule has 136 valence electrons. The Kier molecular flexibility index (Phi) is 4.26. The fourth-order valence-electron chi connectivity index (χ4n) is 4.25. The van der Waals surface area contributed by atoms with Gasteiger partial charge in [-0.25, -0.2) is 0 Å². The normalized spacial score (nSPS) is 23.6. The maximum atomic E-state index is 6.26. The minimum Gasteiger partial charge on any atom is -0.457 e. The predicted molar refractivity (Wildman–Crippen MR) is 105 cm³/mol. The Labute approximate surface area is 159 Å². The Morgan fingerprint density at radius 3 is 2.67 bits per heavy atom. The molecule has 0 spiro atoms. The quantitative estimate of drug-likeness (QED) is 0.670. The average molecular weight is 358 g/mol. The number of hydrogen-bond donors (Lipinski definition) is 1. The molecular weight excluding hydrogens is 336 g/mol. The molecular formula is C23H22N2O2. The summed E-state index contributed by atoms with van der Waals surface area (Å²) >= 11 is 0. The summed E-state index contributed by atoms with van der Waals surface area (Å²) in [6.45, 7) is 0.817. The van der Waals surface area contributed by atoms with E-state index >= 15 is 0 Å². The summed E-state index contributed by atoms with van der Waals surface area (Å²) in [6.07, 6.45) is 5.84. The third kappa shape index (κ3) is 3.17. The topological polar surface area (TPSA) is 43.4 Å². The number of fused-ring (bicyclic) bond motifs is 3. The maximum absolute atomic E-state index is 6.26. The lowest BCUT2D eigenvalue weighted by Gasteiger charge is -2.43. The van der Waals surface area contributed by atoms with Gasteiger partial charge in [0.1, 0.15) is 11.5 Å². The van der Waals surface area contributed by atoms with Crippen LogP contribution >= 0.6 is 0 Å². The third-order valence-corrected chi connectivity index (χ3v) is 5.48. The number of anilines is 1. The SMILES string of the molecule is c1ccc([C@@H]2Nc3ccc(Oc4ccncc4)cc3C3OCCCC32)cc1. The molecule has 0 radical (unpaired) electrons. The van der Waals surface area contributed by atoms with E-state index in [2.05, 4.69) is 52.8 Å². The van der Waals surface area contributed by atoms with Gasteiger partial charge in [0.25, 0.3) is 0 Å². The standard InChI is InChI=1S/C23H22N2O2/c1-2-5-16(6-3-1)22-19-7-4-14-26-23(19)20-15-18(8-9-21(20)25-22)27-17-10-12-24-13-11-17/h1-3,5-6,8-13,15,19,22-23,25H,4,7,14H2/t19?,22-,23?/m0/s1. The molecule has 1 N–H and O–H groups in total. The van der Waals surface area contributed by atoms with Gasteiger partial charge in [-0.05, 0) is 48.7 Å².